The molecule has 0 spiro atoms. The van der Waals surface area contributed by atoms with E-state index in [-0.39, 0.29) is 5.41 Å². The van der Waals surface area contributed by atoms with Crippen molar-refractivity contribution >= 4 is 54.3 Å². The first kappa shape index (κ1) is 25.6. The summed E-state index contributed by atoms with van der Waals surface area (Å²) >= 11 is 0. The Morgan fingerprint density at radius 2 is 1.00 bits per heavy atom. The lowest BCUT2D eigenvalue weighted by Gasteiger charge is -2.22. The highest BCUT2D eigenvalue weighted by Crippen LogP contribution is 2.53. The van der Waals surface area contributed by atoms with Gasteiger partial charge in [0.1, 0.15) is 11.2 Å². The lowest BCUT2D eigenvalue weighted by Crippen LogP contribution is -2.14. The van der Waals surface area contributed by atoms with Gasteiger partial charge in [0.25, 0.3) is 0 Å². The van der Waals surface area contributed by atoms with E-state index in [4.69, 9.17) is 4.42 Å². The van der Waals surface area contributed by atoms with Crippen molar-refractivity contribution in [2.75, 3.05) is 0 Å². The van der Waals surface area contributed by atoms with Gasteiger partial charge in [0.05, 0.1) is 0 Å². The van der Waals surface area contributed by atoms with Crippen LogP contribution >= 0.6 is 0 Å². The number of furan rings is 1. The molecule has 0 aliphatic heterocycles. The number of hydrogen-bond donors (Lipinski definition) is 0. The van der Waals surface area contributed by atoms with Crippen LogP contribution in [0, 0.1) is 0 Å². The van der Waals surface area contributed by atoms with Gasteiger partial charge in [-0.05, 0) is 102 Å². The van der Waals surface area contributed by atoms with Crippen molar-refractivity contribution < 1.29 is 4.42 Å². The minimum Gasteiger partial charge on any atom is -0.455 e. The van der Waals surface area contributed by atoms with Crippen molar-refractivity contribution in [2.45, 2.75) is 19.3 Å². The predicted octanol–water partition coefficient (Wildman–Crippen LogP) is 12.7. The SMILES string of the molecule is CC1(C)c2ccc(-c3c4ccccc4c(-c4ccccc4)c4ccccc34)cc2-c2cc3ccc4c5ccccc5oc4c3cc21. The standard InChI is InChI=1S/C45H30O/c1-45(2)39-23-21-29(43-33-17-8-6-15-31(33)42(27-12-4-3-5-13-27)32-16-7-9-18-34(32)43)25-37(39)38-24-28-20-22-35-30-14-10-11-19-41(30)46-44(35)36(28)26-40(38)45/h3-26H,1-2H3. The highest BCUT2D eigenvalue weighted by atomic mass is 16.3. The van der Waals surface area contributed by atoms with E-state index in [9.17, 15) is 0 Å². The van der Waals surface area contributed by atoms with Gasteiger partial charge >= 0.3 is 0 Å². The Kier molecular flexibility index (Phi) is 5.12. The Labute approximate surface area is 267 Å². The Bertz CT molecular complexity index is 2650. The number of benzene rings is 8. The molecule has 0 atom stereocenters. The number of para-hydroxylation sites is 1. The minimum atomic E-state index is -0.132. The van der Waals surface area contributed by atoms with Gasteiger partial charge in [-0.1, -0.05) is 129 Å². The fraction of sp³-hybridized carbons (Fsp3) is 0.0667. The van der Waals surface area contributed by atoms with Gasteiger partial charge in [0.15, 0.2) is 0 Å². The highest BCUT2D eigenvalue weighted by molar-refractivity contribution is 6.22. The topological polar surface area (TPSA) is 13.1 Å². The Balaban J connectivity index is 1.24. The van der Waals surface area contributed by atoms with Crippen LogP contribution in [0.1, 0.15) is 25.0 Å². The van der Waals surface area contributed by atoms with Crippen LogP contribution in [0.15, 0.2) is 150 Å². The number of rotatable bonds is 2. The Morgan fingerprint density at radius 3 is 1.70 bits per heavy atom. The van der Waals surface area contributed by atoms with Crippen LogP contribution in [0.2, 0.25) is 0 Å². The molecule has 9 aromatic rings. The molecule has 0 amide bonds. The van der Waals surface area contributed by atoms with E-state index >= 15 is 0 Å². The van der Waals surface area contributed by atoms with Gasteiger partial charge in [-0.3, -0.25) is 0 Å². The van der Waals surface area contributed by atoms with E-state index < -0.39 is 0 Å². The van der Waals surface area contributed by atoms with Gasteiger partial charge in [-0.2, -0.15) is 0 Å². The van der Waals surface area contributed by atoms with Crippen LogP contribution in [0.25, 0.3) is 87.6 Å². The minimum absolute atomic E-state index is 0.132. The molecule has 0 bridgehead atoms. The van der Waals surface area contributed by atoms with E-state index in [1.165, 1.54) is 87.6 Å². The molecular formula is C45H30O. The second-order valence-corrected chi connectivity index (χ2v) is 13.3. The van der Waals surface area contributed by atoms with Gasteiger partial charge in [-0.25, -0.2) is 0 Å². The Morgan fingerprint density at radius 1 is 0.413 bits per heavy atom. The molecule has 1 aliphatic carbocycles. The lowest BCUT2D eigenvalue weighted by molar-refractivity contribution is 0.660. The summed E-state index contributed by atoms with van der Waals surface area (Å²) in [6, 6.07) is 53.4. The molecule has 10 rings (SSSR count). The molecule has 0 radical (unpaired) electrons. The molecule has 216 valence electrons. The van der Waals surface area contributed by atoms with Crippen molar-refractivity contribution in [1.82, 2.24) is 0 Å². The van der Waals surface area contributed by atoms with Crippen LogP contribution in [-0.2, 0) is 5.41 Å². The quantitative estimate of drug-likeness (QED) is 0.184. The van der Waals surface area contributed by atoms with E-state index in [1.54, 1.807) is 0 Å². The summed E-state index contributed by atoms with van der Waals surface area (Å²) < 4.78 is 6.47. The summed E-state index contributed by atoms with van der Waals surface area (Å²) in [5.74, 6) is 0. The van der Waals surface area contributed by atoms with E-state index in [1.807, 2.05) is 6.07 Å². The second-order valence-electron chi connectivity index (χ2n) is 13.3. The van der Waals surface area contributed by atoms with E-state index in [0.29, 0.717) is 0 Å². The van der Waals surface area contributed by atoms with Crippen LogP contribution in [0.4, 0.5) is 0 Å². The molecule has 0 saturated heterocycles. The molecule has 8 aromatic carbocycles. The summed E-state index contributed by atoms with van der Waals surface area (Å²) in [5, 5.41) is 9.87. The molecule has 0 saturated carbocycles. The maximum Gasteiger partial charge on any atom is 0.143 e. The zero-order valence-corrected chi connectivity index (χ0v) is 25.8. The molecule has 1 heteroatoms. The zero-order chi connectivity index (χ0) is 30.6. The average Bonchev–Trinajstić information content (AvgIpc) is 3.58. The molecule has 1 aromatic heterocycles. The summed E-state index contributed by atoms with van der Waals surface area (Å²) in [6.07, 6.45) is 0. The fourth-order valence-electron chi connectivity index (χ4n) is 8.26. The van der Waals surface area contributed by atoms with E-state index in [0.717, 1.165) is 11.2 Å². The third kappa shape index (κ3) is 3.40. The van der Waals surface area contributed by atoms with Crippen molar-refractivity contribution in [3.8, 4) is 33.4 Å². The molecule has 0 N–H and O–H groups in total. The maximum absolute atomic E-state index is 6.47. The third-order valence-electron chi connectivity index (χ3n) is 10.4. The van der Waals surface area contributed by atoms with Gasteiger partial charge < -0.3 is 4.42 Å². The number of fused-ring (bicyclic) bond motifs is 10. The van der Waals surface area contributed by atoms with Crippen molar-refractivity contribution in [1.29, 1.82) is 0 Å². The van der Waals surface area contributed by atoms with Crippen molar-refractivity contribution in [2.24, 2.45) is 0 Å². The monoisotopic (exact) mass is 586 g/mol. The maximum atomic E-state index is 6.47. The van der Waals surface area contributed by atoms with Crippen LogP contribution in [0.5, 0.6) is 0 Å². The van der Waals surface area contributed by atoms with Crippen molar-refractivity contribution in [3.05, 3.63) is 157 Å². The molecule has 1 nitrogen and oxygen atoms in total. The Hall–Kier alpha value is -5.66. The zero-order valence-electron chi connectivity index (χ0n) is 25.8. The molecule has 1 aliphatic rings. The highest BCUT2D eigenvalue weighted by Gasteiger charge is 2.36. The fourth-order valence-corrected chi connectivity index (χ4v) is 8.26. The molecule has 46 heavy (non-hydrogen) atoms. The van der Waals surface area contributed by atoms with Crippen LogP contribution in [0.3, 0.4) is 0 Å². The van der Waals surface area contributed by atoms with Crippen molar-refractivity contribution in [3.63, 3.8) is 0 Å². The van der Waals surface area contributed by atoms with Crippen LogP contribution < -0.4 is 0 Å². The number of hydrogen-bond acceptors (Lipinski definition) is 1. The molecule has 0 fully saturated rings. The van der Waals surface area contributed by atoms with Crippen LogP contribution in [-0.4, -0.2) is 0 Å². The summed E-state index contributed by atoms with van der Waals surface area (Å²) in [6.45, 7) is 4.72. The average molecular weight is 587 g/mol. The second kappa shape index (κ2) is 9.19. The lowest BCUT2D eigenvalue weighted by atomic mass is 9.81. The first-order chi connectivity index (χ1) is 22.6. The molecule has 0 unspecified atom stereocenters. The first-order valence-electron chi connectivity index (χ1n) is 16.1. The largest absolute Gasteiger partial charge is 0.455 e. The molecule has 1 heterocycles. The smallest absolute Gasteiger partial charge is 0.143 e. The third-order valence-corrected chi connectivity index (χ3v) is 10.4. The molecular weight excluding hydrogens is 556 g/mol. The summed E-state index contributed by atoms with van der Waals surface area (Å²) in [4.78, 5) is 0. The van der Waals surface area contributed by atoms with Gasteiger partial charge in [0, 0.05) is 21.6 Å². The first-order valence-corrected chi connectivity index (χ1v) is 16.1. The summed E-state index contributed by atoms with van der Waals surface area (Å²) in [7, 11) is 0. The predicted molar refractivity (Wildman–Crippen MR) is 195 cm³/mol. The normalized spacial score (nSPS) is 13.6. The van der Waals surface area contributed by atoms with E-state index in [2.05, 4.69) is 153 Å². The summed E-state index contributed by atoms with van der Waals surface area (Å²) in [5.41, 5.74) is 12.2. The van der Waals surface area contributed by atoms with Gasteiger partial charge in [0.2, 0.25) is 0 Å². The van der Waals surface area contributed by atoms with Gasteiger partial charge in [-0.15, -0.1) is 0 Å².